The van der Waals surface area contributed by atoms with Gasteiger partial charge in [0.15, 0.2) is 6.29 Å². The lowest BCUT2D eigenvalue weighted by atomic mass is 10.2. The van der Waals surface area contributed by atoms with Gasteiger partial charge in [-0.25, -0.2) is 0 Å². The van der Waals surface area contributed by atoms with E-state index in [-0.39, 0.29) is 6.42 Å². The van der Waals surface area contributed by atoms with Crippen LogP contribution in [0.25, 0.3) is 0 Å². The van der Waals surface area contributed by atoms with Crippen molar-refractivity contribution in [2.24, 2.45) is 0 Å². The molecule has 0 fully saturated rings. The van der Waals surface area contributed by atoms with E-state index in [9.17, 15) is 0 Å². The Morgan fingerprint density at radius 2 is 1.62 bits per heavy atom. The standard InChI is InChI=1S/C5H11O3/c1-4(6)2-3-5(7)8/h4-8H,1-3H2. The molecule has 8 heavy (non-hydrogen) atoms. The highest BCUT2D eigenvalue weighted by molar-refractivity contribution is 4.56. The molecular weight excluding hydrogens is 108 g/mol. The first-order valence-electron chi connectivity index (χ1n) is 2.50. The Hall–Kier alpha value is -0.120. The number of aliphatic hydroxyl groups is 3. The molecule has 3 nitrogen and oxygen atoms in total. The predicted molar refractivity (Wildman–Crippen MR) is 28.8 cm³/mol. The number of hydrogen-bond donors (Lipinski definition) is 3. The van der Waals surface area contributed by atoms with E-state index in [0.717, 1.165) is 0 Å². The zero-order valence-electron chi connectivity index (χ0n) is 4.62. The molecule has 1 atom stereocenters. The van der Waals surface area contributed by atoms with Gasteiger partial charge in [-0.2, -0.15) is 0 Å². The van der Waals surface area contributed by atoms with Crippen LogP contribution in [0.15, 0.2) is 0 Å². The zero-order valence-corrected chi connectivity index (χ0v) is 4.62. The van der Waals surface area contributed by atoms with E-state index in [1.807, 2.05) is 0 Å². The van der Waals surface area contributed by atoms with Gasteiger partial charge in [0.05, 0.1) is 6.10 Å². The summed E-state index contributed by atoms with van der Waals surface area (Å²) in [5.41, 5.74) is 0. The van der Waals surface area contributed by atoms with Crippen molar-refractivity contribution in [2.45, 2.75) is 25.2 Å². The minimum atomic E-state index is -1.31. The number of rotatable bonds is 3. The highest BCUT2D eigenvalue weighted by Gasteiger charge is 1.99. The first-order valence-corrected chi connectivity index (χ1v) is 2.50. The summed E-state index contributed by atoms with van der Waals surface area (Å²) in [5, 5.41) is 24.9. The van der Waals surface area contributed by atoms with Crippen molar-refractivity contribution in [3.8, 4) is 0 Å². The second-order valence-electron chi connectivity index (χ2n) is 1.71. The fourth-order valence-corrected chi connectivity index (χ4v) is 0.341. The van der Waals surface area contributed by atoms with Crippen molar-refractivity contribution < 1.29 is 15.3 Å². The molecular formula is C5H11O3. The van der Waals surface area contributed by atoms with Gasteiger partial charge >= 0.3 is 0 Å². The smallest absolute Gasteiger partial charge is 0.151 e. The summed E-state index contributed by atoms with van der Waals surface area (Å²) < 4.78 is 0. The lowest BCUT2D eigenvalue weighted by Crippen LogP contribution is -2.09. The molecule has 0 aromatic heterocycles. The fourth-order valence-electron chi connectivity index (χ4n) is 0.341. The Morgan fingerprint density at radius 1 is 1.12 bits per heavy atom. The van der Waals surface area contributed by atoms with Gasteiger partial charge in [-0.15, -0.1) is 0 Å². The maximum Gasteiger partial charge on any atom is 0.151 e. The SMILES string of the molecule is [CH2]C(O)CCC(O)O. The molecule has 0 aliphatic rings. The highest BCUT2D eigenvalue weighted by atomic mass is 16.5. The highest BCUT2D eigenvalue weighted by Crippen LogP contribution is 1.96. The van der Waals surface area contributed by atoms with Crippen LogP contribution in [-0.4, -0.2) is 27.7 Å². The summed E-state index contributed by atoms with van der Waals surface area (Å²) >= 11 is 0. The Morgan fingerprint density at radius 3 is 1.75 bits per heavy atom. The van der Waals surface area contributed by atoms with Crippen LogP contribution in [0.5, 0.6) is 0 Å². The Kier molecular flexibility index (Phi) is 3.77. The molecule has 0 bridgehead atoms. The van der Waals surface area contributed by atoms with Gasteiger partial charge in [0.25, 0.3) is 0 Å². The summed E-state index contributed by atoms with van der Waals surface area (Å²) in [6, 6.07) is 0. The van der Waals surface area contributed by atoms with Gasteiger partial charge < -0.3 is 15.3 Å². The largest absolute Gasteiger partial charge is 0.393 e. The summed E-state index contributed by atoms with van der Waals surface area (Å²) in [5.74, 6) is 0. The maximum atomic E-state index is 8.47. The third-order valence-corrected chi connectivity index (χ3v) is 0.758. The average molecular weight is 119 g/mol. The lowest BCUT2D eigenvalue weighted by molar-refractivity contribution is -0.0510. The topological polar surface area (TPSA) is 60.7 Å². The van der Waals surface area contributed by atoms with Crippen LogP contribution in [0.4, 0.5) is 0 Å². The van der Waals surface area contributed by atoms with Gasteiger partial charge in [0, 0.05) is 6.42 Å². The van der Waals surface area contributed by atoms with Gasteiger partial charge in [-0.05, 0) is 13.3 Å². The van der Waals surface area contributed by atoms with Crippen LogP contribution in [0.3, 0.4) is 0 Å². The molecule has 0 saturated carbocycles. The Bertz CT molecular complexity index is 43.6. The second-order valence-corrected chi connectivity index (χ2v) is 1.71. The lowest BCUT2D eigenvalue weighted by Gasteiger charge is -2.03. The monoisotopic (exact) mass is 119 g/mol. The van der Waals surface area contributed by atoms with E-state index in [4.69, 9.17) is 15.3 Å². The minimum absolute atomic E-state index is 0.185. The Balaban J connectivity index is 2.93. The number of aliphatic hydroxyl groups excluding tert-OH is 2. The molecule has 0 saturated heterocycles. The quantitative estimate of drug-likeness (QED) is 0.429. The molecule has 0 heterocycles. The molecule has 3 N–H and O–H groups in total. The molecule has 0 spiro atoms. The van der Waals surface area contributed by atoms with Gasteiger partial charge in [0.1, 0.15) is 0 Å². The van der Waals surface area contributed by atoms with Crippen molar-refractivity contribution in [3.05, 3.63) is 6.92 Å². The minimum Gasteiger partial charge on any atom is -0.393 e. The van der Waals surface area contributed by atoms with Crippen molar-refractivity contribution >= 4 is 0 Å². The van der Waals surface area contributed by atoms with Crippen LogP contribution < -0.4 is 0 Å². The molecule has 3 heteroatoms. The summed E-state index contributed by atoms with van der Waals surface area (Å²) in [6.07, 6.45) is -1.48. The molecule has 0 amide bonds. The molecule has 0 aliphatic heterocycles. The van der Waals surface area contributed by atoms with Gasteiger partial charge in [-0.1, -0.05) is 0 Å². The van der Waals surface area contributed by atoms with Crippen LogP contribution >= 0.6 is 0 Å². The molecule has 49 valence electrons. The van der Waals surface area contributed by atoms with Crippen molar-refractivity contribution in [1.29, 1.82) is 0 Å². The molecule has 1 radical (unpaired) electrons. The van der Waals surface area contributed by atoms with Crippen molar-refractivity contribution in [2.75, 3.05) is 0 Å². The van der Waals surface area contributed by atoms with Crippen molar-refractivity contribution in [3.63, 3.8) is 0 Å². The molecule has 0 aromatic rings. The maximum absolute atomic E-state index is 8.47. The van der Waals surface area contributed by atoms with E-state index in [2.05, 4.69) is 6.92 Å². The molecule has 0 aliphatic carbocycles. The number of hydrogen-bond acceptors (Lipinski definition) is 3. The van der Waals surface area contributed by atoms with Crippen LogP contribution in [0.1, 0.15) is 12.8 Å². The fraction of sp³-hybridized carbons (Fsp3) is 0.800. The first kappa shape index (κ1) is 7.88. The summed E-state index contributed by atoms with van der Waals surface area (Å²) in [4.78, 5) is 0. The van der Waals surface area contributed by atoms with E-state index >= 15 is 0 Å². The van der Waals surface area contributed by atoms with E-state index in [1.54, 1.807) is 0 Å². The van der Waals surface area contributed by atoms with Gasteiger partial charge in [0.2, 0.25) is 0 Å². The Labute approximate surface area is 48.6 Å². The van der Waals surface area contributed by atoms with E-state index < -0.39 is 12.4 Å². The zero-order chi connectivity index (χ0) is 6.57. The van der Waals surface area contributed by atoms with E-state index in [0.29, 0.717) is 6.42 Å². The van der Waals surface area contributed by atoms with Gasteiger partial charge in [-0.3, -0.25) is 0 Å². The second kappa shape index (κ2) is 3.83. The molecule has 1 unspecified atom stereocenters. The summed E-state index contributed by atoms with van der Waals surface area (Å²) in [7, 11) is 0. The summed E-state index contributed by atoms with van der Waals surface area (Å²) in [6.45, 7) is 3.24. The van der Waals surface area contributed by atoms with Crippen LogP contribution in [0.2, 0.25) is 0 Å². The normalized spacial score (nSPS) is 14.6. The van der Waals surface area contributed by atoms with Crippen LogP contribution in [-0.2, 0) is 0 Å². The van der Waals surface area contributed by atoms with E-state index in [1.165, 1.54) is 0 Å². The predicted octanol–water partition coefficient (Wildman–Crippen LogP) is -0.728. The third-order valence-electron chi connectivity index (χ3n) is 0.758. The molecule has 0 aromatic carbocycles. The average Bonchev–Trinajstić information content (AvgIpc) is 1.61. The first-order chi connectivity index (χ1) is 3.63. The molecule has 0 rings (SSSR count). The van der Waals surface area contributed by atoms with Crippen molar-refractivity contribution in [1.82, 2.24) is 0 Å². The van der Waals surface area contributed by atoms with Crippen LogP contribution in [0, 0.1) is 6.92 Å². The third kappa shape index (κ3) is 5.88.